The second kappa shape index (κ2) is 6.51. The van der Waals surface area contributed by atoms with Crippen molar-refractivity contribution in [2.24, 2.45) is 10.8 Å². The Kier molecular flexibility index (Phi) is 4.41. The number of rotatable bonds is 5. The summed E-state index contributed by atoms with van der Waals surface area (Å²) in [4.78, 5) is 32.9. The number of esters is 1. The molecule has 2 saturated heterocycles. The summed E-state index contributed by atoms with van der Waals surface area (Å²) in [7, 11) is 0. The smallest absolute Gasteiger partial charge is 0.344 e. The molecule has 27 heavy (non-hydrogen) atoms. The molecule has 6 heteroatoms. The van der Waals surface area contributed by atoms with E-state index in [1.807, 2.05) is 56.0 Å². The van der Waals surface area contributed by atoms with Crippen LogP contribution in [0, 0.1) is 10.8 Å². The highest BCUT2D eigenvalue weighted by Gasteiger charge is 2.63. The molecule has 1 aliphatic carbocycles. The van der Waals surface area contributed by atoms with Gasteiger partial charge in [-0.2, -0.15) is 5.06 Å². The number of carbonyl (C=O) groups excluding carboxylic acids is 2. The molecule has 146 valence electrons. The summed E-state index contributed by atoms with van der Waals surface area (Å²) in [5.41, 5.74) is 0.634. The van der Waals surface area contributed by atoms with Crippen LogP contribution < -0.4 is 0 Å². The summed E-state index contributed by atoms with van der Waals surface area (Å²) in [6.45, 7) is 6.84. The van der Waals surface area contributed by atoms with Gasteiger partial charge in [0.05, 0.1) is 17.5 Å². The summed E-state index contributed by atoms with van der Waals surface area (Å²) in [5, 5.41) is 1.59. The van der Waals surface area contributed by atoms with Gasteiger partial charge >= 0.3 is 12.0 Å². The molecule has 1 saturated carbocycles. The number of amides is 2. The van der Waals surface area contributed by atoms with Crippen molar-refractivity contribution in [3.05, 3.63) is 35.9 Å². The second-order valence-corrected chi connectivity index (χ2v) is 9.10. The van der Waals surface area contributed by atoms with Crippen molar-refractivity contribution in [3.63, 3.8) is 0 Å². The predicted octanol–water partition coefficient (Wildman–Crippen LogP) is 3.37. The van der Waals surface area contributed by atoms with Crippen LogP contribution in [0.4, 0.5) is 4.79 Å². The minimum Gasteiger partial charge on any atom is -0.463 e. The van der Waals surface area contributed by atoms with E-state index in [2.05, 4.69) is 0 Å². The Morgan fingerprint density at radius 3 is 2.56 bits per heavy atom. The van der Waals surface area contributed by atoms with E-state index in [-0.39, 0.29) is 36.1 Å². The minimum absolute atomic E-state index is 0.0622. The molecule has 6 nitrogen and oxygen atoms in total. The normalized spacial score (nSPS) is 25.8. The summed E-state index contributed by atoms with van der Waals surface area (Å²) < 4.78 is 5.54. The first-order valence-corrected chi connectivity index (χ1v) is 9.74. The van der Waals surface area contributed by atoms with Gasteiger partial charge in [-0.15, -0.1) is 0 Å². The van der Waals surface area contributed by atoms with Crippen LogP contribution in [0.15, 0.2) is 30.3 Å². The number of ether oxygens (including phenoxy) is 1. The largest absolute Gasteiger partial charge is 0.463 e. The molecule has 4 rings (SSSR count). The average molecular weight is 372 g/mol. The Balaban J connectivity index is 1.43. The monoisotopic (exact) mass is 372 g/mol. The van der Waals surface area contributed by atoms with Crippen molar-refractivity contribution in [3.8, 4) is 0 Å². The van der Waals surface area contributed by atoms with Crippen LogP contribution in [0.25, 0.3) is 0 Å². The zero-order chi connectivity index (χ0) is 19.2. The van der Waals surface area contributed by atoms with Gasteiger partial charge in [-0.05, 0) is 51.0 Å². The van der Waals surface area contributed by atoms with Crippen LogP contribution >= 0.6 is 0 Å². The first-order chi connectivity index (χ1) is 12.8. The Morgan fingerprint density at radius 2 is 1.93 bits per heavy atom. The molecule has 2 bridgehead atoms. The molecule has 1 aromatic carbocycles. The SMILES string of the molecule is CC(C)(C)C(=O)OCC1CC2(CC2)[C@H]2CN1C(=O)N2OCc1ccccc1. The quantitative estimate of drug-likeness (QED) is 0.744. The van der Waals surface area contributed by atoms with Crippen LogP contribution in [0.5, 0.6) is 0 Å². The molecule has 2 heterocycles. The fraction of sp³-hybridized carbons (Fsp3) is 0.619. The van der Waals surface area contributed by atoms with Gasteiger partial charge in [0.25, 0.3) is 0 Å². The third-order valence-electron chi connectivity index (χ3n) is 6.00. The number of urea groups is 1. The van der Waals surface area contributed by atoms with Gasteiger partial charge in [0, 0.05) is 6.54 Å². The molecule has 3 fully saturated rings. The number of nitrogens with zero attached hydrogens (tertiary/aromatic N) is 2. The number of hydrogen-bond donors (Lipinski definition) is 0. The maximum absolute atomic E-state index is 13.0. The fourth-order valence-electron chi connectivity index (χ4n) is 4.16. The van der Waals surface area contributed by atoms with Gasteiger partial charge in [0.2, 0.25) is 0 Å². The first-order valence-electron chi connectivity index (χ1n) is 9.74. The Morgan fingerprint density at radius 1 is 1.22 bits per heavy atom. The molecule has 2 amide bonds. The van der Waals surface area contributed by atoms with Gasteiger partial charge in [-0.3, -0.25) is 9.63 Å². The number of hydroxylamine groups is 2. The van der Waals surface area contributed by atoms with Crippen molar-refractivity contribution in [2.45, 2.75) is 58.7 Å². The topological polar surface area (TPSA) is 59.1 Å². The van der Waals surface area contributed by atoms with E-state index in [1.165, 1.54) is 0 Å². The fourth-order valence-corrected chi connectivity index (χ4v) is 4.16. The summed E-state index contributed by atoms with van der Waals surface area (Å²) >= 11 is 0. The van der Waals surface area contributed by atoms with E-state index in [9.17, 15) is 9.59 Å². The Bertz CT molecular complexity index is 723. The summed E-state index contributed by atoms with van der Waals surface area (Å²) in [6.07, 6.45) is 3.09. The predicted molar refractivity (Wildman–Crippen MR) is 99.4 cm³/mol. The van der Waals surface area contributed by atoms with Crippen molar-refractivity contribution in [1.29, 1.82) is 0 Å². The van der Waals surface area contributed by atoms with Gasteiger partial charge in [-0.25, -0.2) is 4.79 Å². The van der Waals surface area contributed by atoms with Crippen LogP contribution in [0.3, 0.4) is 0 Å². The summed E-state index contributed by atoms with van der Waals surface area (Å²) in [5.74, 6) is -0.224. The molecule has 2 atom stereocenters. The number of hydrogen-bond acceptors (Lipinski definition) is 4. The Hall–Kier alpha value is -2.08. The van der Waals surface area contributed by atoms with E-state index in [0.29, 0.717) is 13.2 Å². The van der Waals surface area contributed by atoms with E-state index >= 15 is 0 Å². The van der Waals surface area contributed by atoms with Crippen molar-refractivity contribution in [2.75, 3.05) is 13.2 Å². The van der Waals surface area contributed by atoms with Gasteiger partial charge < -0.3 is 9.64 Å². The lowest BCUT2D eigenvalue weighted by molar-refractivity contribution is -0.156. The lowest BCUT2D eigenvalue weighted by Crippen LogP contribution is -2.48. The number of benzene rings is 1. The van der Waals surface area contributed by atoms with Crippen LogP contribution in [0.2, 0.25) is 0 Å². The summed E-state index contributed by atoms with van der Waals surface area (Å²) in [6, 6.07) is 9.82. The van der Waals surface area contributed by atoms with Crippen molar-refractivity contribution >= 4 is 12.0 Å². The second-order valence-electron chi connectivity index (χ2n) is 9.10. The number of piperidine rings is 1. The van der Waals surface area contributed by atoms with Crippen molar-refractivity contribution < 1.29 is 19.2 Å². The van der Waals surface area contributed by atoms with E-state index < -0.39 is 5.41 Å². The zero-order valence-corrected chi connectivity index (χ0v) is 16.3. The average Bonchev–Trinajstić information content (AvgIpc) is 3.34. The maximum Gasteiger partial charge on any atom is 0.344 e. The highest BCUT2D eigenvalue weighted by Crippen LogP contribution is 2.59. The number of fused-ring (bicyclic) bond motifs is 3. The highest BCUT2D eigenvalue weighted by atomic mass is 16.7. The molecular formula is C21H28N2O4. The van der Waals surface area contributed by atoms with Crippen LogP contribution in [-0.4, -0.2) is 47.2 Å². The van der Waals surface area contributed by atoms with Gasteiger partial charge in [0.15, 0.2) is 0 Å². The zero-order valence-electron chi connectivity index (χ0n) is 16.3. The molecule has 1 unspecified atom stereocenters. The third kappa shape index (κ3) is 3.43. The van der Waals surface area contributed by atoms with Gasteiger partial charge in [-0.1, -0.05) is 30.3 Å². The molecule has 0 radical (unpaired) electrons. The van der Waals surface area contributed by atoms with E-state index in [4.69, 9.17) is 9.57 Å². The third-order valence-corrected chi connectivity index (χ3v) is 6.00. The van der Waals surface area contributed by atoms with E-state index in [0.717, 1.165) is 24.8 Å². The van der Waals surface area contributed by atoms with E-state index in [1.54, 1.807) is 5.06 Å². The maximum atomic E-state index is 13.0. The molecular weight excluding hydrogens is 344 g/mol. The lowest BCUT2D eigenvalue weighted by atomic mass is 9.85. The minimum atomic E-state index is -0.533. The van der Waals surface area contributed by atoms with Gasteiger partial charge in [0.1, 0.15) is 13.2 Å². The Labute approximate surface area is 160 Å². The molecule has 3 aliphatic rings. The van der Waals surface area contributed by atoms with Crippen LogP contribution in [-0.2, 0) is 21.0 Å². The van der Waals surface area contributed by atoms with Crippen molar-refractivity contribution in [1.82, 2.24) is 9.96 Å². The molecule has 1 aromatic rings. The molecule has 1 spiro atoms. The molecule has 2 aliphatic heterocycles. The first kappa shape index (κ1) is 18.3. The lowest BCUT2D eigenvalue weighted by Gasteiger charge is -2.36. The molecule has 0 aromatic heterocycles. The standard InChI is InChI=1S/C21H28N2O4/c1-20(2,3)18(24)26-14-16-11-21(9-10-21)17-12-22(16)19(25)23(17)27-13-15-7-5-4-6-8-15/h4-8,16-17H,9-14H2,1-3H3/t16?,17-/m1/s1. The van der Waals surface area contributed by atoms with Crippen LogP contribution in [0.1, 0.15) is 45.6 Å². The highest BCUT2D eigenvalue weighted by molar-refractivity contribution is 5.78. The number of carbonyl (C=O) groups is 2. The molecule has 0 N–H and O–H groups in total.